The van der Waals surface area contributed by atoms with Crippen LogP contribution in [0.15, 0.2) is 30.6 Å². The normalized spacial score (nSPS) is 12.1. The van der Waals surface area contributed by atoms with Gasteiger partial charge in [-0.25, -0.2) is 14.8 Å². The molecule has 4 rings (SSSR count). The van der Waals surface area contributed by atoms with E-state index in [0.29, 0.717) is 16.9 Å². The van der Waals surface area contributed by atoms with Gasteiger partial charge in [-0.15, -0.1) is 0 Å². The Kier molecular flexibility index (Phi) is 6.54. The van der Waals surface area contributed by atoms with Gasteiger partial charge < -0.3 is 25.0 Å². The van der Waals surface area contributed by atoms with Gasteiger partial charge in [0.25, 0.3) is 0 Å². The first-order valence-electron chi connectivity index (χ1n) is 11.2. The van der Waals surface area contributed by atoms with Crippen LogP contribution in [0, 0.1) is 6.92 Å². The average molecular weight is 466 g/mol. The molecule has 0 saturated heterocycles. The van der Waals surface area contributed by atoms with E-state index in [4.69, 9.17) is 14.8 Å². The number of hydrogen-bond acceptors (Lipinski definition) is 7. The summed E-state index contributed by atoms with van der Waals surface area (Å²) in [5.41, 5.74) is 3.64. The minimum atomic E-state index is -0.809. The van der Waals surface area contributed by atoms with E-state index in [9.17, 15) is 9.90 Å². The topological polar surface area (TPSA) is 121 Å². The molecule has 0 unspecified atom stereocenters. The van der Waals surface area contributed by atoms with E-state index in [2.05, 4.69) is 59.4 Å². The van der Waals surface area contributed by atoms with Crippen molar-refractivity contribution >= 4 is 28.2 Å². The van der Waals surface area contributed by atoms with Gasteiger partial charge in [-0.2, -0.15) is 5.10 Å². The molecule has 1 aromatic carbocycles. The molecule has 3 N–H and O–H groups in total. The maximum Gasteiger partial charge on any atom is 0.413 e. The Morgan fingerprint density at radius 1 is 1.32 bits per heavy atom. The molecule has 180 valence electrons. The zero-order valence-corrected chi connectivity index (χ0v) is 20.2. The molecule has 0 saturated carbocycles. The summed E-state index contributed by atoms with van der Waals surface area (Å²) in [5, 5.41) is 17.9. The van der Waals surface area contributed by atoms with Crippen molar-refractivity contribution in [3.8, 4) is 17.1 Å². The number of aliphatic hydroxyl groups excluding tert-OH is 1. The lowest BCUT2D eigenvalue weighted by molar-refractivity contribution is 0.159. The maximum absolute atomic E-state index is 12.3. The maximum atomic E-state index is 12.3. The summed E-state index contributed by atoms with van der Waals surface area (Å²) in [5.74, 6) is 0.251. The highest BCUT2D eigenvalue weighted by Gasteiger charge is 2.22. The summed E-state index contributed by atoms with van der Waals surface area (Å²) in [6.07, 6.45) is 3.50. The SMILES string of the molecule is Cc1ccc2c(-c3cnc4[nH]cc(OC(=O)NC(C)(C)CO)c4n3)nn(CCCN(C)C)c2c1. The van der Waals surface area contributed by atoms with Crippen LogP contribution in [0.3, 0.4) is 0 Å². The fraction of sp³-hybridized carbons (Fsp3) is 0.417. The zero-order chi connectivity index (χ0) is 24.5. The van der Waals surface area contributed by atoms with Gasteiger partial charge in [-0.1, -0.05) is 12.1 Å². The van der Waals surface area contributed by atoms with E-state index in [0.717, 1.165) is 41.7 Å². The molecule has 0 aliphatic heterocycles. The zero-order valence-electron chi connectivity index (χ0n) is 20.2. The molecule has 0 aliphatic carbocycles. The number of carbonyl (C=O) groups excluding carboxylic acids is 1. The van der Waals surface area contributed by atoms with Gasteiger partial charge >= 0.3 is 6.09 Å². The van der Waals surface area contributed by atoms with E-state index < -0.39 is 11.6 Å². The molecule has 0 radical (unpaired) electrons. The summed E-state index contributed by atoms with van der Waals surface area (Å²) >= 11 is 0. The Bertz CT molecular complexity index is 1320. The molecule has 1 amide bonds. The van der Waals surface area contributed by atoms with Gasteiger partial charge in [0.2, 0.25) is 0 Å². The number of carbonyl (C=O) groups is 1. The smallest absolute Gasteiger partial charge is 0.406 e. The van der Waals surface area contributed by atoms with E-state index >= 15 is 0 Å². The number of nitrogens with one attached hydrogen (secondary N) is 2. The number of amides is 1. The molecule has 10 nitrogen and oxygen atoms in total. The number of aromatic nitrogens is 5. The van der Waals surface area contributed by atoms with Gasteiger partial charge in [0.05, 0.1) is 23.9 Å². The molecule has 34 heavy (non-hydrogen) atoms. The van der Waals surface area contributed by atoms with E-state index in [1.54, 1.807) is 26.2 Å². The molecule has 3 aromatic heterocycles. The molecule has 0 atom stereocenters. The lowest BCUT2D eigenvalue weighted by Gasteiger charge is -2.22. The number of aryl methyl sites for hydroxylation is 2. The molecule has 0 aliphatic rings. The van der Waals surface area contributed by atoms with Crippen LogP contribution in [0.2, 0.25) is 0 Å². The number of H-pyrrole nitrogens is 1. The minimum absolute atomic E-state index is 0.219. The van der Waals surface area contributed by atoms with E-state index in [1.807, 2.05) is 4.68 Å². The van der Waals surface area contributed by atoms with Crippen molar-refractivity contribution in [1.29, 1.82) is 0 Å². The van der Waals surface area contributed by atoms with Gasteiger partial charge in [-0.05, 0) is 59.5 Å². The second-order valence-electron chi connectivity index (χ2n) is 9.41. The third kappa shape index (κ3) is 5.02. The van der Waals surface area contributed by atoms with Crippen LogP contribution in [0.25, 0.3) is 33.5 Å². The molecule has 10 heteroatoms. The first kappa shape index (κ1) is 23.7. The number of aromatic amines is 1. The predicted molar refractivity (Wildman–Crippen MR) is 131 cm³/mol. The van der Waals surface area contributed by atoms with Crippen molar-refractivity contribution < 1.29 is 14.6 Å². The fourth-order valence-corrected chi connectivity index (χ4v) is 3.68. The highest BCUT2D eigenvalue weighted by molar-refractivity contribution is 5.94. The molecule has 3 heterocycles. The molecule has 0 fully saturated rings. The Labute approximate surface area is 198 Å². The summed E-state index contributed by atoms with van der Waals surface area (Å²) in [6, 6.07) is 6.24. The van der Waals surface area contributed by atoms with Crippen molar-refractivity contribution in [1.82, 2.24) is 34.9 Å². The predicted octanol–water partition coefficient (Wildman–Crippen LogP) is 3.09. The molecular formula is C24H31N7O3. The standard InChI is InChI=1S/C24H31N7O3/c1-15-7-8-16-18(11-15)31(10-6-9-30(4)5)29-20(16)17-12-25-22-21(27-17)19(13-26-22)34-23(33)28-24(2,3)14-32/h7-8,11-13,32H,6,9-10,14H2,1-5H3,(H,25,26)(H,28,33). The summed E-state index contributed by atoms with van der Waals surface area (Å²) < 4.78 is 7.47. The average Bonchev–Trinajstić information content (AvgIpc) is 3.34. The quantitative estimate of drug-likeness (QED) is 0.366. The highest BCUT2D eigenvalue weighted by Crippen LogP contribution is 2.30. The molecule has 0 spiro atoms. The van der Waals surface area contributed by atoms with Crippen molar-refractivity contribution in [2.24, 2.45) is 0 Å². The summed E-state index contributed by atoms with van der Waals surface area (Å²) in [6.45, 7) is 6.99. The Morgan fingerprint density at radius 2 is 2.12 bits per heavy atom. The van der Waals surface area contributed by atoms with Crippen LogP contribution in [-0.2, 0) is 6.54 Å². The Morgan fingerprint density at radius 3 is 2.85 bits per heavy atom. The third-order valence-corrected chi connectivity index (χ3v) is 5.51. The van der Waals surface area contributed by atoms with Crippen molar-refractivity contribution in [3.05, 3.63) is 36.2 Å². The van der Waals surface area contributed by atoms with Crippen molar-refractivity contribution in [3.63, 3.8) is 0 Å². The lowest BCUT2D eigenvalue weighted by Crippen LogP contribution is -2.47. The van der Waals surface area contributed by atoms with Crippen LogP contribution < -0.4 is 10.1 Å². The Balaban J connectivity index is 1.69. The minimum Gasteiger partial charge on any atom is -0.406 e. The van der Waals surface area contributed by atoms with E-state index in [1.165, 1.54) is 0 Å². The van der Waals surface area contributed by atoms with Gasteiger partial charge in [-0.3, -0.25) is 4.68 Å². The number of benzene rings is 1. The van der Waals surface area contributed by atoms with Crippen LogP contribution in [0.4, 0.5) is 4.79 Å². The second kappa shape index (κ2) is 9.40. The van der Waals surface area contributed by atoms with Crippen LogP contribution in [0.5, 0.6) is 5.75 Å². The monoisotopic (exact) mass is 465 g/mol. The van der Waals surface area contributed by atoms with Gasteiger partial charge in [0.1, 0.15) is 11.4 Å². The fourth-order valence-electron chi connectivity index (χ4n) is 3.68. The van der Waals surface area contributed by atoms with Crippen LogP contribution in [-0.4, -0.2) is 73.6 Å². The lowest BCUT2D eigenvalue weighted by atomic mass is 10.1. The summed E-state index contributed by atoms with van der Waals surface area (Å²) in [4.78, 5) is 26.7. The van der Waals surface area contributed by atoms with Crippen molar-refractivity contribution in [2.75, 3.05) is 27.2 Å². The van der Waals surface area contributed by atoms with Crippen LogP contribution >= 0.6 is 0 Å². The number of rotatable bonds is 8. The third-order valence-electron chi connectivity index (χ3n) is 5.51. The first-order chi connectivity index (χ1) is 16.2. The number of aliphatic hydroxyl groups is 1. The molecule has 4 aromatic rings. The van der Waals surface area contributed by atoms with Crippen molar-refractivity contribution in [2.45, 2.75) is 39.3 Å². The highest BCUT2D eigenvalue weighted by atomic mass is 16.6. The number of hydrogen-bond donors (Lipinski definition) is 3. The van der Waals surface area contributed by atoms with Gasteiger partial charge in [0, 0.05) is 18.1 Å². The van der Waals surface area contributed by atoms with Gasteiger partial charge in [0.15, 0.2) is 16.9 Å². The molecular weight excluding hydrogens is 434 g/mol. The number of fused-ring (bicyclic) bond motifs is 2. The summed E-state index contributed by atoms with van der Waals surface area (Å²) in [7, 11) is 4.12. The number of ether oxygens (including phenoxy) is 1. The van der Waals surface area contributed by atoms with Crippen LogP contribution in [0.1, 0.15) is 25.8 Å². The van der Waals surface area contributed by atoms with E-state index in [-0.39, 0.29) is 12.4 Å². The Hall–Kier alpha value is -3.50. The number of nitrogens with zero attached hydrogens (tertiary/aromatic N) is 5. The molecule has 0 bridgehead atoms. The second-order valence-corrected chi connectivity index (χ2v) is 9.41. The largest absolute Gasteiger partial charge is 0.413 e. The first-order valence-corrected chi connectivity index (χ1v) is 11.2.